The third kappa shape index (κ3) is 3.35. The van der Waals surface area contributed by atoms with Crippen LogP contribution in [-0.2, 0) is 14.2 Å². The molecule has 2 saturated heterocycles. The van der Waals surface area contributed by atoms with Crippen molar-refractivity contribution in [2.75, 3.05) is 13.2 Å². The van der Waals surface area contributed by atoms with E-state index in [2.05, 4.69) is 0 Å². The number of aliphatic hydroxyl groups excluding tert-OH is 7. The minimum atomic E-state index is -1.65. The molecule has 7 N–H and O–H groups in total. The third-order valence-corrected chi connectivity index (χ3v) is 3.57. The second-order valence-corrected chi connectivity index (χ2v) is 5.08. The van der Waals surface area contributed by atoms with Crippen LogP contribution in [0.15, 0.2) is 0 Å². The first-order chi connectivity index (χ1) is 9.86. The Labute approximate surface area is 119 Å². The molecule has 10 heteroatoms. The molecule has 10 nitrogen and oxygen atoms in total. The van der Waals surface area contributed by atoms with Crippen molar-refractivity contribution in [3.63, 3.8) is 0 Å². The van der Waals surface area contributed by atoms with E-state index in [4.69, 9.17) is 19.3 Å². The molecule has 21 heavy (non-hydrogen) atoms. The molecular formula is C11H20O10. The van der Waals surface area contributed by atoms with Crippen molar-refractivity contribution < 1.29 is 50.0 Å². The lowest BCUT2D eigenvalue weighted by Crippen LogP contribution is -2.62. The highest BCUT2D eigenvalue weighted by Gasteiger charge is 2.47. The highest BCUT2D eigenvalue weighted by molar-refractivity contribution is 4.90. The summed E-state index contributed by atoms with van der Waals surface area (Å²) in [6.07, 6.45) is -13.3. The summed E-state index contributed by atoms with van der Waals surface area (Å²) in [5.41, 5.74) is 0. The molecule has 0 amide bonds. The molecule has 0 unspecified atom stereocenters. The lowest BCUT2D eigenvalue weighted by atomic mass is 9.99. The molecule has 0 saturated carbocycles. The minimum Gasteiger partial charge on any atom is -0.394 e. The Morgan fingerprint density at radius 2 is 1.43 bits per heavy atom. The highest BCUT2D eigenvalue weighted by atomic mass is 16.8. The van der Waals surface area contributed by atoms with Crippen molar-refractivity contribution in [2.45, 2.75) is 55.3 Å². The molecule has 0 radical (unpaired) electrons. The van der Waals surface area contributed by atoms with E-state index in [0.29, 0.717) is 0 Å². The van der Waals surface area contributed by atoms with Crippen LogP contribution in [-0.4, -0.2) is 104 Å². The summed E-state index contributed by atoms with van der Waals surface area (Å²) in [6, 6.07) is 0. The summed E-state index contributed by atoms with van der Waals surface area (Å²) in [7, 11) is 0. The molecule has 0 aromatic rings. The van der Waals surface area contributed by atoms with Gasteiger partial charge in [-0.25, -0.2) is 0 Å². The second kappa shape index (κ2) is 6.79. The van der Waals surface area contributed by atoms with Gasteiger partial charge in [-0.2, -0.15) is 0 Å². The zero-order valence-electron chi connectivity index (χ0n) is 11.0. The first-order valence-electron chi connectivity index (χ1n) is 6.48. The standard InChI is InChI=1S/C11H20O10/c12-1-4-6(15)7(16)9(18)11(20-4)21-10-8(17)5(14)3(13)2-19-10/h3-18H,1-2H2/t3-,4-,5-,6-,7+,8+,9-,10-,11+/m1/s1. The van der Waals surface area contributed by atoms with Gasteiger partial charge in [0.25, 0.3) is 0 Å². The van der Waals surface area contributed by atoms with E-state index in [-0.39, 0.29) is 6.61 Å². The summed E-state index contributed by atoms with van der Waals surface area (Å²) in [5, 5.41) is 66.5. The lowest BCUT2D eigenvalue weighted by Gasteiger charge is -2.42. The van der Waals surface area contributed by atoms with E-state index in [1.807, 2.05) is 0 Å². The first kappa shape index (κ1) is 17.0. The van der Waals surface area contributed by atoms with Gasteiger partial charge >= 0.3 is 0 Å². The first-order valence-corrected chi connectivity index (χ1v) is 6.48. The zero-order chi connectivity index (χ0) is 15.7. The number of hydrogen-bond donors (Lipinski definition) is 7. The van der Waals surface area contributed by atoms with E-state index >= 15 is 0 Å². The van der Waals surface area contributed by atoms with Crippen LogP contribution in [0.25, 0.3) is 0 Å². The Hall–Kier alpha value is -0.400. The van der Waals surface area contributed by atoms with Gasteiger partial charge in [-0.05, 0) is 0 Å². The van der Waals surface area contributed by atoms with Crippen LogP contribution in [0, 0.1) is 0 Å². The van der Waals surface area contributed by atoms with E-state index < -0.39 is 61.9 Å². The molecule has 124 valence electrons. The Morgan fingerprint density at radius 3 is 2.05 bits per heavy atom. The molecule has 0 aromatic heterocycles. The van der Waals surface area contributed by atoms with Gasteiger partial charge in [0.1, 0.15) is 42.7 Å². The van der Waals surface area contributed by atoms with Gasteiger partial charge in [-0.3, -0.25) is 0 Å². The number of rotatable bonds is 3. The summed E-state index contributed by atoms with van der Waals surface area (Å²) < 4.78 is 15.2. The molecule has 0 aliphatic carbocycles. The fraction of sp³-hybridized carbons (Fsp3) is 1.00. The average molecular weight is 312 g/mol. The van der Waals surface area contributed by atoms with Gasteiger partial charge in [-0.15, -0.1) is 0 Å². The maximum Gasteiger partial charge on any atom is 0.189 e. The van der Waals surface area contributed by atoms with Gasteiger partial charge in [0, 0.05) is 0 Å². The average Bonchev–Trinajstić information content (AvgIpc) is 2.48. The van der Waals surface area contributed by atoms with Crippen LogP contribution >= 0.6 is 0 Å². The molecular weight excluding hydrogens is 292 g/mol. The van der Waals surface area contributed by atoms with Crippen molar-refractivity contribution in [3.8, 4) is 0 Å². The minimum absolute atomic E-state index is 0.305. The summed E-state index contributed by atoms with van der Waals surface area (Å²) in [6.45, 7) is -0.930. The Balaban J connectivity index is 2.01. The maximum absolute atomic E-state index is 9.77. The molecule has 0 bridgehead atoms. The zero-order valence-corrected chi connectivity index (χ0v) is 11.0. The molecule has 0 aromatic carbocycles. The summed E-state index contributed by atoms with van der Waals surface area (Å²) in [4.78, 5) is 0. The van der Waals surface area contributed by atoms with Gasteiger partial charge in [0.05, 0.1) is 13.2 Å². The molecule has 2 rings (SSSR count). The van der Waals surface area contributed by atoms with E-state index in [1.54, 1.807) is 0 Å². The van der Waals surface area contributed by atoms with Crippen LogP contribution < -0.4 is 0 Å². The van der Waals surface area contributed by atoms with Crippen LogP contribution in [0.1, 0.15) is 0 Å². The monoisotopic (exact) mass is 312 g/mol. The quantitative estimate of drug-likeness (QED) is 0.268. The second-order valence-electron chi connectivity index (χ2n) is 5.08. The van der Waals surface area contributed by atoms with Crippen molar-refractivity contribution in [3.05, 3.63) is 0 Å². The van der Waals surface area contributed by atoms with Crippen LogP contribution in [0.2, 0.25) is 0 Å². The van der Waals surface area contributed by atoms with Gasteiger partial charge in [0.15, 0.2) is 12.6 Å². The normalized spacial score (nSPS) is 51.9. The third-order valence-electron chi connectivity index (χ3n) is 3.57. The predicted molar refractivity (Wildman–Crippen MR) is 62.6 cm³/mol. The van der Waals surface area contributed by atoms with Crippen LogP contribution in [0.3, 0.4) is 0 Å². The highest BCUT2D eigenvalue weighted by Crippen LogP contribution is 2.25. The van der Waals surface area contributed by atoms with Crippen molar-refractivity contribution >= 4 is 0 Å². The SMILES string of the molecule is OC[C@H]1O[C@@H](O[C@H]2OC[C@@H](O)[C@@H](O)[C@@H]2O)[C@H](O)[C@@H](O)[C@@H]1O. The molecule has 2 aliphatic heterocycles. The van der Waals surface area contributed by atoms with Crippen LogP contribution in [0.5, 0.6) is 0 Å². The Bertz CT molecular complexity index is 339. The van der Waals surface area contributed by atoms with Crippen LogP contribution in [0.4, 0.5) is 0 Å². The lowest BCUT2D eigenvalue weighted by molar-refractivity contribution is -0.365. The summed E-state index contributed by atoms with van der Waals surface area (Å²) in [5.74, 6) is 0. The Kier molecular flexibility index (Phi) is 5.48. The smallest absolute Gasteiger partial charge is 0.189 e. The maximum atomic E-state index is 9.77. The fourth-order valence-electron chi connectivity index (χ4n) is 2.21. The topological polar surface area (TPSA) is 169 Å². The van der Waals surface area contributed by atoms with E-state index in [9.17, 15) is 30.6 Å². The van der Waals surface area contributed by atoms with Crippen molar-refractivity contribution in [1.82, 2.24) is 0 Å². The molecule has 0 spiro atoms. The number of ether oxygens (including phenoxy) is 3. The summed E-state index contributed by atoms with van der Waals surface area (Å²) >= 11 is 0. The van der Waals surface area contributed by atoms with Gasteiger partial charge < -0.3 is 50.0 Å². The number of aliphatic hydroxyl groups is 7. The van der Waals surface area contributed by atoms with Gasteiger partial charge in [0.2, 0.25) is 0 Å². The molecule has 9 atom stereocenters. The molecule has 2 fully saturated rings. The van der Waals surface area contributed by atoms with Crippen molar-refractivity contribution in [2.24, 2.45) is 0 Å². The van der Waals surface area contributed by atoms with E-state index in [1.165, 1.54) is 0 Å². The van der Waals surface area contributed by atoms with Gasteiger partial charge in [-0.1, -0.05) is 0 Å². The molecule has 2 heterocycles. The fourth-order valence-corrected chi connectivity index (χ4v) is 2.21. The largest absolute Gasteiger partial charge is 0.394 e. The van der Waals surface area contributed by atoms with E-state index in [0.717, 1.165) is 0 Å². The molecule has 2 aliphatic rings. The van der Waals surface area contributed by atoms with Crippen molar-refractivity contribution in [1.29, 1.82) is 0 Å². The number of hydrogen-bond acceptors (Lipinski definition) is 10. The Morgan fingerprint density at radius 1 is 0.810 bits per heavy atom. The predicted octanol–water partition coefficient (Wildman–Crippen LogP) is -4.76.